The third kappa shape index (κ3) is 6.58. The molecule has 0 spiro atoms. The standard InChI is InChI=1S/C17H26N2O/c1-14(2)6-4-5-12-19-15(3)16-7-9-17(10-8-16)20-13-11-18/h7-10,14-15,19H,4-6,12-13H2,1-3H3. The molecule has 1 aromatic carbocycles. The van der Waals surface area contributed by atoms with Gasteiger partial charge in [-0.3, -0.25) is 0 Å². The molecule has 0 aliphatic carbocycles. The zero-order valence-electron chi connectivity index (χ0n) is 12.9. The highest BCUT2D eigenvalue weighted by Crippen LogP contribution is 2.17. The summed E-state index contributed by atoms with van der Waals surface area (Å²) >= 11 is 0. The minimum atomic E-state index is 0.100. The van der Waals surface area contributed by atoms with Crippen LogP contribution in [0.3, 0.4) is 0 Å². The number of nitrogens with zero attached hydrogens (tertiary/aromatic N) is 1. The number of nitrogens with one attached hydrogen (secondary N) is 1. The zero-order chi connectivity index (χ0) is 14.8. The Balaban J connectivity index is 2.29. The number of ether oxygens (including phenoxy) is 1. The van der Waals surface area contributed by atoms with Crippen LogP contribution < -0.4 is 10.1 Å². The minimum absolute atomic E-state index is 0.100. The smallest absolute Gasteiger partial charge is 0.174 e. The number of rotatable bonds is 9. The van der Waals surface area contributed by atoms with Gasteiger partial charge >= 0.3 is 0 Å². The Hall–Kier alpha value is -1.53. The molecule has 0 saturated heterocycles. The van der Waals surface area contributed by atoms with E-state index in [1.165, 1.54) is 24.8 Å². The summed E-state index contributed by atoms with van der Waals surface area (Å²) < 4.78 is 5.24. The summed E-state index contributed by atoms with van der Waals surface area (Å²) in [4.78, 5) is 0. The van der Waals surface area contributed by atoms with Crippen LogP contribution in [0.2, 0.25) is 0 Å². The molecular weight excluding hydrogens is 248 g/mol. The molecule has 3 heteroatoms. The molecular formula is C17H26N2O. The summed E-state index contributed by atoms with van der Waals surface area (Å²) in [5.74, 6) is 1.55. The van der Waals surface area contributed by atoms with Gasteiger partial charge in [0.2, 0.25) is 0 Å². The third-order valence-corrected chi connectivity index (χ3v) is 3.34. The lowest BCUT2D eigenvalue weighted by Crippen LogP contribution is -2.19. The van der Waals surface area contributed by atoms with Gasteiger partial charge in [-0.2, -0.15) is 5.26 Å². The third-order valence-electron chi connectivity index (χ3n) is 3.34. The summed E-state index contributed by atoms with van der Waals surface area (Å²) in [6.45, 7) is 7.87. The Morgan fingerprint density at radius 2 is 1.85 bits per heavy atom. The van der Waals surface area contributed by atoms with Crippen molar-refractivity contribution in [2.24, 2.45) is 5.92 Å². The molecule has 0 aromatic heterocycles. The maximum absolute atomic E-state index is 8.46. The van der Waals surface area contributed by atoms with E-state index in [1.807, 2.05) is 18.2 Å². The molecule has 0 aliphatic rings. The SMILES string of the molecule is CC(C)CCCCNC(C)c1ccc(OCC#N)cc1. The van der Waals surface area contributed by atoms with Crippen molar-refractivity contribution in [3.63, 3.8) is 0 Å². The number of unbranched alkanes of at least 4 members (excludes halogenated alkanes) is 1. The van der Waals surface area contributed by atoms with Gasteiger partial charge < -0.3 is 10.1 Å². The first kappa shape index (κ1) is 16.5. The lowest BCUT2D eigenvalue weighted by Gasteiger charge is -2.15. The van der Waals surface area contributed by atoms with Crippen molar-refractivity contribution in [3.8, 4) is 11.8 Å². The van der Waals surface area contributed by atoms with Crippen LogP contribution in [0, 0.1) is 17.2 Å². The van der Waals surface area contributed by atoms with Crippen LogP contribution in [0.4, 0.5) is 0 Å². The molecule has 1 aromatic rings. The van der Waals surface area contributed by atoms with E-state index in [9.17, 15) is 0 Å². The van der Waals surface area contributed by atoms with Gasteiger partial charge in [0.1, 0.15) is 11.8 Å². The Morgan fingerprint density at radius 1 is 1.15 bits per heavy atom. The van der Waals surface area contributed by atoms with Crippen molar-refractivity contribution < 1.29 is 4.74 Å². The minimum Gasteiger partial charge on any atom is -0.479 e. The van der Waals surface area contributed by atoms with Crippen LogP contribution in [-0.2, 0) is 0 Å². The predicted octanol–water partition coefficient (Wildman–Crippen LogP) is 4.07. The average Bonchev–Trinajstić information content (AvgIpc) is 2.44. The molecule has 0 heterocycles. The Morgan fingerprint density at radius 3 is 2.45 bits per heavy atom. The van der Waals surface area contributed by atoms with Crippen LogP contribution in [-0.4, -0.2) is 13.2 Å². The molecule has 1 N–H and O–H groups in total. The lowest BCUT2D eigenvalue weighted by atomic mass is 10.1. The molecule has 1 rings (SSSR count). The van der Waals surface area contributed by atoms with E-state index in [0.29, 0.717) is 6.04 Å². The van der Waals surface area contributed by atoms with Gasteiger partial charge in [0.05, 0.1) is 0 Å². The van der Waals surface area contributed by atoms with Crippen molar-refractivity contribution in [2.75, 3.05) is 13.2 Å². The molecule has 1 unspecified atom stereocenters. The van der Waals surface area contributed by atoms with Crippen LogP contribution in [0.5, 0.6) is 5.75 Å². The van der Waals surface area contributed by atoms with Crippen molar-refractivity contribution in [2.45, 2.75) is 46.1 Å². The Bertz CT molecular complexity index is 406. The van der Waals surface area contributed by atoms with Gasteiger partial charge in [0.25, 0.3) is 0 Å². The van der Waals surface area contributed by atoms with E-state index in [0.717, 1.165) is 18.2 Å². The highest BCUT2D eigenvalue weighted by atomic mass is 16.5. The van der Waals surface area contributed by atoms with Crippen LogP contribution in [0.15, 0.2) is 24.3 Å². The maximum atomic E-state index is 8.46. The molecule has 1 atom stereocenters. The monoisotopic (exact) mass is 274 g/mol. The summed E-state index contributed by atoms with van der Waals surface area (Å²) in [5.41, 5.74) is 1.25. The highest BCUT2D eigenvalue weighted by Gasteiger charge is 2.04. The summed E-state index contributed by atoms with van der Waals surface area (Å²) in [5, 5.41) is 12.0. The summed E-state index contributed by atoms with van der Waals surface area (Å²) in [6, 6.07) is 10.3. The van der Waals surface area contributed by atoms with Gasteiger partial charge in [0.15, 0.2) is 6.61 Å². The molecule has 0 bridgehead atoms. The molecule has 0 saturated carbocycles. The van der Waals surface area contributed by atoms with E-state index in [-0.39, 0.29) is 6.61 Å². The Kier molecular flexibility index (Phi) is 7.75. The normalized spacial score (nSPS) is 12.2. The largest absolute Gasteiger partial charge is 0.479 e. The first-order valence-corrected chi connectivity index (χ1v) is 7.46. The number of hydrogen-bond acceptors (Lipinski definition) is 3. The lowest BCUT2D eigenvalue weighted by molar-refractivity contribution is 0.368. The maximum Gasteiger partial charge on any atom is 0.174 e. The van der Waals surface area contributed by atoms with Gasteiger partial charge in [-0.15, -0.1) is 0 Å². The Labute approximate surface area is 123 Å². The second kappa shape index (κ2) is 9.39. The van der Waals surface area contributed by atoms with Gasteiger partial charge in [-0.25, -0.2) is 0 Å². The van der Waals surface area contributed by atoms with Crippen LogP contribution in [0.1, 0.15) is 51.6 Å². The van der Waals surface area contributed by atoms with Crippen molar-refractivity contribution in [3.05, 3.63) is 29.8 Å². The molecule has 3 nitrogen and oxygen atoms in total. The second-order valence-corrected chi connectivity index (χ2v) is 5.58. The van der Waals surface area contributed by atoms with E-state index >= 15 is 0 Å². The van der Waals surface area contributed by atoms with E-state index in [1.54, 1.807) is 0 Å². The first-order valence-electron chi connectivity index (χ1n) is 7.46. The quantitative estimate of drug-likeness (QED) is 0.690. The highest BCUT2D eigenvalue weighted by molar-refractivity contribution is 5.29. The molecule has 20 heavy (non-hydrogen) atoms. The second-order valence-electron chi connectivity index (χ2n) is 5.58. The van der Waals surface area contributed by atoms with Gasteiger partial charge in [-0.1, -0.05) is 38.8 Å². The van der Waals surface area contributed by atoms with Crippen LogP contribution >= 0.6 is 0 Å². The molecule has 0 amide bonds. The van der Waals surface area contributed by atoms with E-state index in [4.69, 9.17) is 10.00 Å². The summed E-state index contributed by atoms with van der Waals surface area (Å²) in [6.07, 6.45) is 3.82. The molecule has 0 aliphatic heterocycles. The molecule has 0 radical (unpaired) electrons. The fourth-order valence-corrected chi connectivity index (χ4v) is 2.08. The number of nitriles is 1. The van der Waals surface area contributed by atoms with Gasteiger partial charge in [-0.05, 0) is 43.5 Å². The van der Waals surface area contributed by atoms with Crippen molar-refractivity contribution in [1.82, 2.24) is 5.32 Å². The number of benzene rings is 1. The van der Waals surface area contributed by atoms with E-state index < -0.39 is 0 Å². The summed E-state index contributed by atoms with van der Waals surface area (Å²) in [7, 11) is 0. The number of hydrogen-bond donors (Lipinski definition) is 1. The zero-order valence-corrected chi connectivity index (χ0v) is 12.9. The van der Waals surface area contributed by atoms with Crippen LogP contribution in [0.25, 0.3) is 0 Å². The topological polar surface area (TPSA) is 45.0 Å². The van der Waals surface area contributed by atoms with Crippen molar-refractivity contribution in [1.29, 1.82) is 5.26 Å². The predicted molar refractivity (Wildman–Crippen MR) is 82.7 cm³/mol. The fraction of sp³-hybridized carbons (Fsp3) is 0.588. The molecule has 110 valence electrons. The molecule has 0 fully saturated rings. The van der Waals surface area contributed by atoms with E-state index in [2.05, 4.69) is 38.2 Å². The fourth-order valence-electron chi connectivity index (χ4n) is 2.08. The van der Waals surface area contributed by atoms with Crippen molar-refractivity contribution >= 4 is 0 Å². The first-order chi connectivity index (χ1) is 9.63. The van der Waals surface area contributed by atoms with Gasteiger partial charge in [0, 0.05) is 6.04 Å². The average molecular weight is 274 g/mol.